The summed E-state index contributed by atoms with van der Waals surface area (Å²) in [6.45, 7) is 0. The van der Waals surface area contributed by atoms with E-state index in [1.54, 1.807) is 0 Å². The lowest BCUT2D eigenvalue weighted by atomic mass is 9.87. The first-order chi connectivity index (χ1) is 15.7. The van der Waals surface area contributed by atoms with Crippen molar-refractivity contribution in [2.45, 2.75) is 82.8 Å². The molecule has 2 saturated carbocycles. The maximum Gasteiger partial charge on any atom is 0.338 e. The number of hydrogen-bond donors (Lipinski definition) is 0. The minimum absolute atomic E-state index is 0.0456. The second-order valence-corrected chi connectivity index (χ2v) is 9.26. The quantitative estimate of drug-likeness (QED) is 0.497. The molecule has 2 aromatic rings. The van der Waals surface area contributed by atoms with Crippen molar-refractivity contribution in [3.05, 3.63) is 71.3 Å². The van der Waals surface area contributed by atoms with Crippen LogP contribution in [0.25, 0.3) is 0 Å². The predicted molar refractivity (Wildman–Crippen MR) is 124 cm³/mol. The fourth-order valence-corrected chi connectivity index (χ4v) is 4.82. The third kappa shape index (κ3) is 6.44. The van der Waals surface area contributed by atoms with Gasteiger partial charge in [0.1, 0.15) is 12.2 Å². The van der Waals surface area contributed by atoms with E-state index in [-0.39, 0.29) is 30.1 Å². The number of carbonyl (C=O) groups is 2. The molecule has 0 N–H and O–H groups in total. The van der Waals surface area contributed by atoms with Crippen molar-refractivity contribution in [1.29, 1.82) is 0 Å². The van der Waals surface area contributed by atoms with Gasteiger partial charge in [-0.1, -0.05) is 48.9 Å². The number of carbonyl (C=O) groups excluding carboxylic acids is 2. The maximum absolute atomic E-state index is 12.6. The number of rotatable bonds is 7. The average Bonchev–Trinajstić information content (AvgIpc) is 2.85. The first kappa shape index (κ1) is 22.6. The second kappa shape index (κ2) is 11.3. The maximum atomic E-state index is 12.6. The predicted octanol–water partition coefficient (Wildman–Crippen LogP) is 6.06. The highest BCUT2D eigenvalue weighted by Gasteiger charge is 2.31. The SMILES string of the molecule is O=C(OC1CCC(C(=O)OC2CCCCC2)CC1)c1ccc(CCc2ccccc2)cc1. The first-order valence-electron chi connectivity index (χ1n) is 12.2. The fourth-order valence-electron chi connectivity index (χ4n) is 4.82. The minimum atomic E-state index is -0.271. The fraction of sp³-hybridized carbons (Fsp3) is 0.500. The molecule has 0 heterocycles. The standard InChI is InChI=1S/C28H34O4/c29-27(23-15-13-22(14-16-23)12-11-21-7-3-1-4-8-21)32-26-19-17-24(18-20-26)28(30)31-25-9-5-2-6-10-25/h1,3-4,7-8,13-16,24-26H,2,5-6,9-12,17-20H2. The molecule has 0 saturated heterocycles. The Labute approximate surface area is 191 Å². The van der Waals surface area contributed by atoms with Crippen molar-refractivity contribution in [1.82, 2.24) is 0 Å². The van der Waals surface area contributed by atoms with Gasteiger partial charge in [-0.3, -0.25) is 4.79 Å². The van der Waals surface area contributed by atoms with Crippen LogP contribution in [0.3, 0.4) is 0 Å². The van der Waals surface area contributed by atoms with Gasteiger partial charge in [-0.25, -0.2) is 4.79 Å². The van der Waals surface area contributed by atoms with Gasteiger partial charge in [0, 0.05) is 0 Å². The Morgan fingerprint density at radius 1 is 0.656 bits per heavy atom. The van der Waals surface area contributed by atoms with Gasteiger partial charge in [0.05, 0.1) is 11.5 Å². The van der Waals surface area contributed by atoms with Gasteiger partial charge >= 0.3 is 11.9 Å². The molecule has 0 bridgehead atoms. The molecular formula is C28H34O4. The van der Waals surface area contributed by atoms with E-state index in [1.807, 2.05) is 30.3 Å². The van der Waals surface area contributed by atoms with Crippen molar-refractivity contribution < 1.29 is 19.1 Å². The van der Waals surface area contributed by atoms with E-state index in [2.05, 4.69) is 24.3 Å². The Bertz CT molecular complexity index is 860. The van der Waals surface area contributed by atoms with E-state index in [0.29, 0.717) is 5.56 Å². The van der Waals surface area contributed by atoms with E-state index >= 15 is 0 Å². The van der Waals surface area contributed by atoms with Crippen molar-refractivity contribution in [2.75, 3.05) is 0 Å². The number of esters is 2. The van der Waals surface area contributed by atoms with Crippen LogP contribution in [-0.2, 0) is 27.1 Å². The summed E-state index contributed by atoms with van der Waals surface area (Å²) in [5.74, 6) is -0.364. The molecule has 0 atom stereocenters. The zero-order valence-corrected chi connectivity index (χ0v) is 18.8. The molecule has 0 aromatic heterocycles. The molecule has 4 rings (SSSR count). The molecule has 0 unspecified atom stereocenters. The summed E-state index contributed by atoms with van der Waals surface area (Å²) in [6.07, 6.45) is 10.4. The zero-order chi connectivity index (χ0) is 22.2. The first-order valence-corrected chi connectivity index (χ1v) is 12.2. The summed E-state index contributed by atoms with van der Waals surface area (Å²) in [4.78, 5) is 25.0. The van der Waals surface area contributed by atoms with Gasteiger partial charge in [-0.15, -0.1) is 0 Å². The number of benzene rings is 2. The van der Waals surface area contributed by atoms with Crippen LogP contribution in [0.2, 0.25) is 0 Å². The van der Waals surface area contributed by atoms with Gasteiger partial charge in [0.15, 0.2) is 0 Å². The zero-order valence-electron chi connectivity index (χ0n) is 18.8. The average molecular weight is 435 g/mol. The van der Waals surface area contributed by atoms with Crippen LogP contribution in [0.5, 0.6) is 0 Å². The lowest BCUT2D eigenvalue weighted by Gasteiger charge is -2.29. The van der Waals surface area contributed by atoms with E-state index < -0.39 is 0 Å². The third-order valence-electron chi connectivity index (χ3n) is 6.85. The molecule has 0 radical (unpaired) electrons. The monoisotopic (exact) mass is 434 g/mol. The van der Waals surface area contributed by atoms with Crippen LogP contribution < -0.4 is 0 Å². The normalized spacial score (nSPS) is 21.6. The van der Waals surface area contributed by atoms with Crippen molar-refractivity contribution in [3.63, 3.8) is 0 Å². The summed E-state index contributed by atoms with van der Waals surface area (Å²) in [5, 5.41) is 0. The number of aryl methyl sites for hydroxylation is 2. The van der Waals surface area contributed by atoms with Gasteiger partial charge < -0.3 is 9.47 Å². The highest BCUT2D eigenvalue weighted by Crippen LogP contribution is 2.30. The van der Waals surface area contributed by atoms with Crippen LogP contribution >= 0.6 is 0 Å². The van der Waals surface area contributed by atoms with E-state index in [9.17, 15) is 9.59 Å². The van der Waals surface area contributed by atoms with Crippen molar-refractivity contribution in [3.8, 4) is 0 Å². The van der Waals surface area contributed by atoms with Gasteiger partial charge in [0.2, 0.25) is 0 Å². The van der Waals surface area contributed by atoms with Crippen LogP contribution in [0.15, 0.2) is 54.6 Å². The molecule has 0 aliphatic heterocycles. The minimum Gasteiger partial charge on any atom is -0.462 e. The molecule has 4 heteroatoms. The summed E-state index contributed by atoms with van der Waals surface area (Å²) >= 11 is 0. The Morgan fingerprint density at radius 3 is 1.91 bits per heavy atom. The van der Waals surface area contributed by atoms with Gasteiger partial charge in [-0.05, 0) is 87.5 Å². The summed E-state index contributed by atoms with van der Waals surface area (Å²) in [7, 11) is 0. The Morgan fingerprint density at radius 2 is 1.25 bits per heavy atom. The Balaban J connectivity index is 1.19. The molecular weight excluding hydrogens is 400 g/mol. The summed E-state index contributed by atoms with van der Waals surface area (Å²) in [5.41, 5.74) is 3.11. The largest absolute Gasteiger partial charge is 0.462 e. The molecule has 4 nitrogen and oxygen atoms in total. The highest BCUT2D eigenvalue weighted by atomic mass is 16.5. The van der Waals surface area contributed by atoms with Gasteiger partial charge in [-0.2, -0.15) is 0 Å². The Kier molecular flexibility index (Phi) is 7.97. The van der Waals surface area contributed by atoms with Crippen LogP contribution in [-0.4, -0.2) is 24.1 Å². The van der Waals surface area contributed by atoms with E-state index in [1.165, 1.54) is 17.5 Å². The molecule has 170 valence electrons. The van der Waals surface area contributed by atoms with E-state index in [4.69, 9.17) is 9.47 Å². The molecule has 32 heavy (non-hydrogen) atoms. The van der Waals surface area contributed by atoms with Crippen molar-refractivity contribution >= 4 is 11.9 Å². The molecule has 2 aliphatic rings. The lowest BCUT2D eigenvalue weighted by molar-refractivity contribution is -0.157. The van der Waals surface area contributed by atoms with Crippen LogP contribution in [0.1, 0.15) is 79.3 Å². The third-order valence-corrected chi connectivity index (χ3v) is 6.85. The topological polar surface area (TPSA) is 52.6 Å². The van der Waals surface area contributed by atoms with E-state index in [0.717, 1.165) is 64.2 Å². The molecule has 0 spiro atoms. The highest BCUT2D eigenvalue weighted by molar-refractivity contribution is 5.89. The summed E-state index contributed by atoms with van der Waals surface area (Å²) in [6, 6.07) is 18.1. The number of hydrogen-bond acceptors (Lipinski definition) is 4. The van der Waals surface area contributed by atoms with Crippen LogP contribution in [0, 0.1) is 5.92 Å². The van der Waals surface area contributed by atoms with Crippen LogP contribution in [0.4, 0.5) is 0 Å². The smallest absolute Gasteiger partial charge is 0.338 e. The lowest BCUT2D eigenvalue weighted by Crippen LogP contribution is -2.31. The molecule has 2 aliphatic carbocycles. The number of ether oxygens (including phenoxy) is 2. The second-order valence-electron chi connectivity index (χ2n) is 9.26. The Hall–Kier alpha value is -2.62. The summed E-state index contributed by atoms with van der Waals surface area (Å²) < 4.78 is 11.5. The van der Waals surface area contributed by atoms with Crippen molar-refractivity contribution in [2.24, 2.45) is 5.92 Å². The molecule has 2 fully saturated rings. The molecule has 0 amide bonds. The molecule has 2 aromatic carbocycles. The van der Waals surface area contributed by atoms with Gasteiger partial charge in [0.25, 0.3) is 0 Å².